The Morgan fingerprint density at radius 2 is 2.38 bits per heavy atom. The predicted molar refractivity (Wildman–Crippen MR) is 49.7 cm³/mol. The number of nitrogens with two attached hydrogens (primary N) is 1. The molecule has 2 N–H and O–H groups in total. The minimum atomic E-state index is -0.0974. The molecule has 0 aromatic rings. The largest absolute Gasteiger partial charge is 0.466 e. The zero-order valence-corrected chi connectivity index (χ0v) is 8.16. The highest BCUT2D eigenvalue weighted by Crippen LogP contribution is 2.15. The van der Waals surface area contributed by atoms with Gasteiger partial charge in [0.05, 0.1) is 12.5 Å². The van der Waals surface area contributed by atoms with Crippen LogP contribution in [0.5, 0.6) is 0 Å². The highest BCUT2D eigenvalue weighted by molar-refractivity contribution is 5.72. The molecule has 1 aliphatic rings. The van der Waals surface area contributed by atoms with Gasteiger partial charge in [0, 0.05) is 13.1 Å². The lowest BCUT2D eigenvalue weighted by atomic mass is 10.0. The lowest BCUT2D eigenvalue weighted by molar-refractivity contribution is -0.148. The van der Waals surface area contributed by atoms with Crippen LogP contribution >= 0.6 is 0 Å². The van der Waals surface area contributed by atoms with Gasteiger partial charge in [0.15, 0.2) is 0 Å². The maximum absolute atomic E-state index is 11.4. The molecule has 1 rings (SSSR count). The van der Waals surface area contributed by atoms with E-state index < -0.39 is 0 Å². The molecule has 1 fully saturated rings. The number of ether oxygens (including phenoxy) is 1. The van der Waals surface area contributed by atoms with E-state index in [1.807, 2.05) is 6.92 Å². The normalized spacial score (nSPS) is 25.2. The van der Waals surface area contributed by atoms with E-state index in [4.69, 9.17) is 10.6 Å². The summed E-state index contributed by atoms with van der Waals surface area (Å²) in [5.74, 6) is 5.57. The molecule has 0 aromatic heterocycles. The van der Waals surface area contributed by atoms with Crippen LogP contribution in [-0.4, -0.2) is 30.7 Å². The van der Waals surface area contributed by atoms with Crippen LogP contribution in [0.3, 0.4) is 0 Å². The molecule has 13 heavy (non-hydrogen) atoms. The average molecular weight is 186 g/mol. The number of hydrogen-bond acceptors (Lipinski definition) is 4. The van der Waals surface area contributed by atoms with Gasteiger partial charge in [0.2, 0.25) is 0 Å². The Kier molecular flexibility index (Phi) is 4.18. The van der Waals surface area contributed by atoms with E-state index in [1.165, 1.54) is 0 Å². The fourth-order valence-corrected chi connectivity index (χ4v) is 1.62. The Labute approximate surface area is 79.0 Å². The molecular formula is C9H18N2O2. The molecule has 4 nitrogen and oxygen atoms in total. The van der Waals surface area contributed by atoms with Crippen LogP contribution in [0.4, 0.5) is 0 Å². The van der Waals surface area contributed by atoms with Crippen molar-refractivity contribution in [1.82, 2.24) is 5.01 Å². The zero-order valence-electron chi connectivity index (χ0n) is 8.16. The van der Waals surface area contributed by atoms with Crippen molar-refractivity contribution in [2.45, 2.75) is 26.2 Å². The highest BCUT2D eigenvalue weighted by Gasteiger charge is 2.23. The van der Waals surface area contributed by atoms with E-state index in [0.29, 0.717) is 13.2 Å². The van der Waals surface area contributed by atoms with E-state index in [2.05, 4.69) is 0 Å². The summed E-state index contributed by atoms with van der Waals surface area (Å²) < 4.78 is 4.96. The molecule has 0 amide bonds. The first-order chi connectivity index (χ1) is 6.24. The predicted octanol–water partition coefficient (Wildman–Crippen LogP) is 0.525. The van der Waals surface area contributed by atoms with E-state index in [1.54, 1.807) is 5.01 Å². The average Bonchev–Trinajstić information content (AvgIpc) is 2.30. The van der Waals surface area contributed by atoms with E-state index in [-0.39, 0.29) is 11.9 Å². The first-order valence-corrected chi connectivity index (χ1v) is 4.90. The SMILES string of the molecule is CCOC(=O)C1CCCCN(N)C1. The topological polar surface area (TPSA) is 55.6 Å². The number of carbonyl (C=O) groups excluding carboxylic acids is 1. The van der Waals surface area contributed by atoms with Crippen molar-refractivity contribution < 1.29 is 9.53 Å². The maximum atomic E-state index is 11.4. The van der Waals surface area contributed by atoms with E-state index in [0.717, 1.165) is 25.8 Å². The first kappa shape index (κ1) is 10.5. The summed E-state index contributed by atoms with van der Waals surface area (Å²) in [6.45, 7) is 3.81. The molecule has 1 saturated heterocycles. The van der Waals surface area contributed by atoms with Crippen LogP contribution in [-0.2, 0) is 9.53 Å². The van der Waals surface area contributed by atoms with Crippen LogP contribution in [0, 0.1) is 5.92 Å². The number of hydrogen-bond donors (Lipinski definition) is 1. The molecule has 4 heteroatoms. The summed E-state index contributed by atoms with van der Waals surface area (Å²) in [4.78, 5) is 11.4. The fraction of sp³-hybridized carbons (Fsp3) is 0.889. The number of carbonyl (C=O) groups is 1. The summed E-state index contributed by atoms with van der Waals surface area (Å²) in [5, 5.41) is 1.72. The van der Waals surface area contributed by atoms with Crippen LogP contribution in [0.25, 0.3) is 0 Å². The second kappa shape index (κ2) is 5.19. The van der Waals surface area contributed by atoms with Crippen LogP contribution in [0.1, 0.15) is 26.2 Å². The third-order valence-electron chi connectivity index (χ3n) is 2.32. The molecule has 0 saturated carbocycles. The third-order valence-corrected chi connectivity index (χ3v) is 2.32. The summed E-state index contributed by atoms with van der Waals surface area (Å²) >= 11 is 0. The fourth-order valence-electron chi connectivity index (χ4n) is 1.62. The molecule has 1 heterocycles. The van der Waals surface area contributed by atoms with Crippen molar-refractivity contribution in [1.29, 1.82) is 0 Å². The number of rotatable bonds is 2. The van der Waals surface area contributed by atoms with Gasteiger partial charge < -0.3 is 4.74 Å². The van der Waals surface area contributed by atoms with Gasteiger partial charge in [-0.05, 0) is 19.8 Å². The number of esters is 1. The van der Waals surface area contributed by atoms with Gasteiger partial charge in [-0.3, -0.25) is 10.6 Å². The van der Waals surface area contributed by atoms with Gasteiger partial charge >= 0.3 is 5.97 Å². The van der Waals surface area contributed by atoms with Gasteiger partial charge in [0.1, 0.15) is 0 Å². The Balaban J connectivity index is 2.42. The molecule has 1 unspecified atom stereocenters. The monoisotopic (exact) mass is 186 g/mol. The summed E-state index contributed by atoms with van der Waals surface area (Å²) in [6, 6.07) is 0. The van der Waals surface area contributed by atoms with Gasteiger partial charge in [-0.2, -0.15) is 0 Å². The molecule has 76 valence electrons. The number of hydrazine groups is 1. The van der Waals surface area contributed by atoms with Crippen molar-refractivity contribution >= 4 is 5.97 Å². The van der Waals surface area contributed by atoms with Gasteiger partial charge in [0.25, 0.3) is 0 Å². The van der Waals surface area contributed by atoms with Crippen molar-refractivity contribution in [3.8, 4) is 0 Å². The van der Waals surface area contributed by atoms with Crippen LogP contribution in [0.2, 0.25) is 0 Å². The summed E-state index contributed by atoms with van der Waals surface area (Å²) in [5.41, 5.74) is 0. The Morgan fingerprint density at radius 1 is 1.62 bits per heavy atom. The summed E-state index contributed by atoms with van der Waals surface area (Å²) in [7, 11) is 0. The van der Waals surface area contributed by atoms with Gasteiger partial charge in [-0.25, -0.2) is 5.01 Å². The molecule has 0 aromatic carbocycles. The van der Waals surface area contributed by atoms with Crippen molar-refractivity contribution in [2.75, 3.05) is 19.7 Å². The molecule has 1 atom stereocenters. The second-order valence-electron chi connectivity index (χ2n) is 3.44. The van der Waals surface area contributed by atoms with E-state index >= 15 is 0 Å². The summed E-state index contributed by atoms with van der Waals surface area (Å²) in [6.07, 6.45) is 3.05. The number of nitrogens with zero attached hydrogens (tertiary/aromatic N) is 1. The van der Waals surface area contributed by atoms with Crippen molar-refractivity contribution in [3.05, 3.63) is 0 Å². The molecular weight excluding hydrogens is 168 g/mol. The zero-order chi connectivity index (χ0) is 9.68. The van der Waals surface area contributed by atoms with E-state index in [9.17, 15) is 4.79 Å². The lowest BCUT2D eigenvalue weighted by Gasteiger charge is -2.17. The van der Waals surface area contributed by atoms with Crippen LogP contribution < -0.4 is 5.84 Å². The van der Waals surface area contributed by atoms with Gasteiger partial charge in [-0.1, -0.05) is 6.42 Å². The van der Waals surface area contributed by atoms with Crippen molar-refractivity contribution in [3.63, 3.8) is 0 Å². The maximum Gasteiger partial charge on any atom is 0.310 e. The van der Waals surface area contributed by atoms with Crippen LogP contribution in [0.15, 0.2) is 0 Å². The quantitative estimate of drug-likeness (QED) is 0.504. The molecule has 0 spiro atoms. The minimum absolute atomic E-state index is 0.0209. The molecule has 1 aliphatic heterocycles. The highest BCUT2D eigenvalue weighted by atomic mass is 16.5. The lowest BCUT2D eigenvalue weighted by Crippen LogP contribution is -2.37. The molecule has 0 radical (unpaired) electrons. The molecule has 0 aliphatic carbocycles. The third kappa shape index (κ3) is 3.32. The van der Waals surface area contributed by atoms with Crippen molar-refractivity contribution in [2.24, 2.45) is 11.8 Å². The minimum Gasteiger partial charge on any atom is -0.466 e. The second-order valence-corrected chi connectivity index (χ2v) is 3.44. The standard InChI is InChI=1S/C9H18N2O2/c1-2-13-9(12)8-5-3-4-6-11(10)7-8/h8H,2-7,10H2,1H3. The Hall–Kier alpha value is -0.610. The Morgan fingerprint density at radius 3 is 3.08 bits per heavy atom. The smallest absolute Gasteiger partial charge is 0.310 e. The Bertz CT molecular complexity index is 173. The molecule has 0 bridgehead atoms. The first-order valence-electron chi connectivity index (χ1n) is 4.90. The van der Waals surface area contributed by atoms with Gasteiger partial charge in [-0.15, -0.1) is 0 Å².